The van der Waals surface area contributed by atoms with Crippen molar-refractivity contribution in [1.82, 2.24) is 5.32 Å². The van der Waals surface area contributed by atoms with Crippen molar-refractivity contribution in [3.63, 3.8) is 0 Å². The van der Waals surface area contributed by atoms with Crippen molar-refractivity contribution in [3.8, 4) is 5.75 Å². The molecule has 4 nitrogen and oxygen atoms in total. The van der Waals surface area contributed by atoms with Crippen LogP contribution in [0.15, 0.2) is 36.4 Å². The highest BCUT2D eigenvalue weighted by atomic mass is 32.1. The smallest absolute Gasteiger partial charge is 0.223 e. The van der Waals surface area contributed by atoms with E-state index in [0.717, 1.165) is 4.88 Å². The maximum absolute atomic E-state index is 11.9. The molecule has 1 heterocycles. The number of amides is 1. The van der Waals surface area contributed by atoms with E-state index in [9.17, 15) is 4.79 Å². The molecule has 0 saturated heterocycles. The standard InChI is InChI=1S/C16H20N2O2S/c1-11-6-7-15(21-11)12(2)18-16(19)8-9-20-14-5-3-4-13(17)10-14/h3-7,10,12H,8-9,17H2,1-2H3,(H,18,19). The van der Waals surface area contributed by atoms with E-state index < -0.39 is 0 Å². The Kier molecular flexibility index (Phi) is 5.22. The summed E-state index contributed by atoms with van der Waals surface area (Å²) in [5.74, 6) is 0.669. The number of aryl methyl sites for hydroxylation is 1. The van der Waals surface area contributed by atoms with Gasteiger partial charge in [-0.2, -0.15) is 0 Å². The van der Waals surface area contributed by atoms with E-state index in [1.54, 1.807) is 23.5 Å². The summed E-state index contributed by atoms with van der Waals surface area (Å²) in [4.78, 5) is 14.3. The molecule has 0 spiro atoms. The van der Waals surface area contributed by atoms with Gasteiger partial charge in [0.15, 0.2) is 0 Å². The first-order valence-electron chi connectivity index (χ1n) is 6.88. The number of hydrogen-bond donors (Lipinski definition) is 2. The number of ether oxygens (including phenoxy) is 1. The number of nitrogens with two attached hydrogens (primary N) is 1. The van der Waals surface area contributed by atoms with Gasteiger partial charge in [0.2, 0.25) is 5.91 Å². The first-order valence-corrected chi connectivity index (χ1v) is 7.70. The molecule has 1 amide bonds. The first-order chi connectivity index (χ1) is 10.0. The van der Waals surface area contributed by atoms with Crippen molar-refractivity contribution < 1.29 is 9.53 Å². The van der Waals surface area contributed by atoms with E-state index >= 15 is 0 Å². The van der Waals surface area contributed by atoms with E-state index in [-0.39, 0.29) is 11.9 Å². The summed E-state index contributed by atoms with van der Waals surface area (Å²) in [6.45, 7) is 4.38. The molecule has 1 atom stereocenters. The molecule has 1 aromatic carbocycles. The Hall–Kier alpha value is -2.01. The molecule has 2 rings (SSSR count). The lowest BCUT2D eigenvalue weighted by molar-refractivity contribution is -0.122. The third-order valence-corrected chi connectivity index (χ3v) is 4.20. The van der Waals surface area contributed by atoms with Gasteiger partial charge in [-0.3, -0.25) is 4.79 Å². The highest BCUT2D eigenvalue weighted by Crippen LogP contribution is 2.22. The van der Waals surface area contributed by atoms with Crippen LogP contribution in [0, 0.1) is 6.92 Å². The van der Waals surface area contributed by atoms with Gasteiger partial charge >= 0.3 is 0 Å². The molecule has 0 aliphatic carbocycles. The van der Waals surface area contributed by atoms with E-state index in [0.29, 0.717) is 24.5 Å². The van der Waals surface area contributed by atoms with Crippen LogP contribution in [-0.4, -0.2) is 12.5 Å². The second-order valence-corrected chi connectivity index (χ2v) is 6.23. The van der Waals surface area contributed by atoms with Gasteiger partial charge in [0.05, 0.1) is 19.1 Å². The van der Waals surface area contributed by atoms with Gasteiger partial charge in [-0.15, -0.1) is 11.3 Å². The number of nitrogens with one attached hydrogen (secondary N) is 1. The molecule has 0 aliphatic heterocycles. The van der Waals surface area contributed by atoms with E-state index in [1.165, 1.54) is 4.88 Å². The Bertz CT molecular complexity index is 610. The molecular weight excluding hydrogens is 284 g/mol. The summed E-state index contributed by atoms with van der Waals surface area (Å²) in [6.07, 6.45) is 0.323. The Labute approximate surface area is 128 Å². The van der Waals surface area contributed by atoms with Crippen LogP contribution in [0.4, 0.5) is 5.69 Å². The maximum atomic E-state index is 11.9. The average molecular weight is 304 g/mol. The molecule has 1 aromatic heterocycles. The largest absolute Gasteiger partial charge is 0.493 e. The van der Waals surface area contributed by atoms with Crippen molar-refractivity contribution in [2.75, 3.05) is 12.3 Å². The van der Waals surface area contributed by atoms with Gasteiger partial charge in [0, 0.05) is 21.5 Å². The van der Waals surface area contributed by atoms with Crippen LogP contribution >= 0.6 is 11.3 Å². The molecule has 0 aliphatic rings. The van der Waals surface area contributed by atoms with Crippen LogP contribution in [0.3, 0.4) is 0 Å². The fourth-order valence-corrected chi connectivity index (χ4v) is 2.82. The van der Waals surface area contributed by atoms with Crippen molar-refractivity contribution in [2.45, 2.75) is 26.3 Å². The predicted molar refractivity (Wildman–Crippen MR) is 86.6 cm³/mol. The molecule has 21 heavy (non-hydrogen) atoms. The van der Waals surface area contributed by atoms with Crippen molar-refractivity contribution >= 4 is 22.9 Å². The Morgan fingerprint density at radius 1 is 1.38 bits per heavy atom. The molecule has 3 N–H and O–H groups in total. The fourth-order valence-electron chi connectivity index (χ4n) is 1.94. The Morgan fingerprint density at radius 2 is 2.19 bits per heavy atom. The number of thiophene rings is 1. The number of anilines is 1. The van der Waals surface area contributed by atoms with Crippen LogP contribution < -0.4 is 15.8 Å². The van der Waals surface area contributed by atoms with E-state index in [4.69, 9.17) is 10.5 Å². The summed E-state index contributed by atoms with van der Waals surface area (Å²) in [7, 11) is 0. The Balaban J connectivity index is 1.75. The zero-order valence-electron chi connectivity index (χ0n) is 12.3. The summed E-state index contributed by atoms with van der Waals surface area (Å²) in [5, 5.41) is 2.97. The van der Waals surface area contributed by atoms with E-state index in [2.05, 4.69) is 18.3 Å². The summed E-state index contributed by atoms with van der Waals surface area (Å²) in [6, 6.07) is 11.3. The summed E-state index contributed by atoms with van der Waals surface area (Å²) >= 11 is 1.70. The zero-order valence-corrected chi connectivity index (χ0v) is 13.1. The summed E-state index contributed by atoms with van der Waals surface area (Å²) in [5.41, 5.74) is 6.32. The van der Waals surface area contributed by atoms with Gasteiger partial charge < -0.3 is 15.8 Å². The average Bonchev–Trinajstić information content (AvgIpc) is 2.85. The highest BCUT2D eigenvalue weighted by molar-refractivity contribution is 7.12. The minimum Gasteiger partial charge on any atom is -0.493 e. The van der Waals surface area contributed by atoms with Crippen molar-refractivity contribution in [3.05, 3.63) is 46.2 Å². The highest BCUT2D eigenvalue weighted by Gasteiger charge is 2.11. The molecule has 0 saturated carbocycles. The number of carbonyl (C=O) groups is 1. The summed E-state index contributed by atoms with van der Waals surface area (Å²) < 4.78 is 5.51. The van der Waals surface area contributed by atoms with Crippen LogP contribution in [0.25, 0.3) is 0 Å². The molecule has 1 unspecified atom stereocenters. The lowest BCUT2D eigenvalue weighted by Crippen LogP contribution is -2.27. The first kappa shape index (κ1) is 15.4. The van der Waals surface area contributed by atoms with Crippen LogP contribution in [0.2, 0.25) is 0 Å². The van der Waals surface area contributed by atoms with Gasteiger partial charge in [0.1, 0.15) is 5.75 Å². The molecule has 2 aromatic rings. The lowest BCUT2D eigenvalue weighted by Gasteiger charge is -2.12. The van der Waals surface area contributed by atoms with Crippen molar-refractivity contribution in [1.29, 1.82) is 0 Å². The number of rotatable bonds is 6. The fraction of sp³-hybridized carbons (Fsp3) is 0.312. The maximum Gasteiger partial charge on any atom is 0.223 e. The van der Waals surface area contributed by atoms with Gasteiger partial charge in [-0.1, -0.05) is 6.07 Å². The molecule has 0 bridgehead atoms. The van der Waals surface area contributed by atoms with Crippen LogP contribution in [0.5, 0.6) is 5.75 Å². The zero-order chi connectivity index (χ0) is 15.2. The number of carbonyl (C=O) groups excluding carboxylic acids is 1. The minimum absolute atomic E-state index is 0.0162. The number of benzene rings is 1. The third-order valence-electron chi connectivity index (χ3n) is 3.02. The Morgan fingerprint density at radius 3 is 2.86 bits per heavy atom. The quantitative estimate of drug-likeness (QED) is 0.805. The van der Waals surface area contributed by atoms with Crippen LogP contribution in [-0.2, 0) is 4.79 Å². The molecule has 0 fully saturated rings. The van der Waals surface area contributed by atoms with E-state index in [1.807, 2.05) is 25.1 Å². The van der Waals surface area contributed by atoms with Crippen molar-refractivity contribution in [2.24, 2.45) is 0 Å². The van der Waals surface area contributed by atoms with Crippen LogP contribution in [0.1, 0.15) is 29.1 Å². The monoisotopic (exact) mass is 304 g/mol. The molecule has 5 heteroatoms. The lowest BCUT2D eigenvalue weighted by atomic mass is 10.2. The SMILES string of the molecule is Cc1ccc(C(C)NC(=O)CCOc2cccc(N)c2)s1. The number of nitrogen functional groups attached to an aromatic ring is 1. The van der Waals surface area contributed by atoms with Gasteiger partial charge in [0.25, 0.3) is 0 Å². The molecular formula is C16H20N2O2S. The number of hydrogen-bond acceptors (Lipinski definition) is 4. The minimum atomic E-state index is -0.0162. The second kappa shape index (κ2) is 7.13. The third kappa shape index (κ3) is 4.79. The second-order valence-electron chi connectivity index (χ2n) is 4.91. The topological polar surface area (TPSA) is 64.3 Å². The molecule has 0 radical (unpaired) electrons. The predicted octanol–water partition coefficient (Wildman–Crippen LogP) is 3.29. The van der Waals surface area contributed by atoms with Gasteiger partial charge in [-0.25, -0.2) is 0 Å². The normalized spacial score (nSPS) is 11.9. The van der Waals surface area contributed by atoms with Gasteiger partial charge in [-0.05, 0) is 38.1 Å². The molecule has 112 valence electrons.